The average molecular weight is 638 g/mol. The standard InChI is InChI=1S/C34H33N5O2P2S/c1-38(35-26-28-16-12-14-24-33(28)40)43(44,39(2)36-27-29-17-13-15-25-34(29)41)37-42(30-18-6-3-7-19-30,31-20-8-4-9-21-31)32-22-10-5-11-23-32/h3-27,40-41H,1-2H3/b35-26+,36-27+. The van der Waals surface area contributed by atoms with E-state index in [1.807, 2.05) is 66.7 Å². The lowest BCUT2D eigenvalue weighted by Crippen LogP contribution is -2.27. The second-order valence-electron chi connectivity index (χ2n) is 9.83. The predicted molar refractivity (Wildman–Crippen MR) is 189 cm³/mol. The SMILES string of the molecule is CN(/N=C/c1ccccc1O)P(=S)(N=P(c1ccccc1)(c1ccccc1)c1ccccc1)N(C)/N=C/c1ccccc1O. The van der Waals surface area contributed by atoms with Gasteiger partial charge in [-0.2, -0.15) is 10.2 Å². The fourth-order valence-electron chi connectivity index (χ4n) is 4.63. The Labute approximate surface area is 263 Å². The quantitative estimate of drug-likeness (QED) is 0.101. The molecule has 5 aromatic carbocycles. The zero-order chi connectivity index (χ0) is 31.0. The van der Waals surface area contributed by atoms with Crippen LogP contribution in [0.3, 0.4) is 0 Å². The first-order valence-electron chi connectivity index (χ1n) is 13.9. The van der Waals surface area contributed by atoms with Crippen LogP contribution in [0.4, 0.5) is 0 Å². The zero-order valence-electron chi connectivity index (χ0n) is 24.4. The van der Waals surface area contributed by atoms with E-state index in [0.717, 1.165) is 15.9 Å². The van der Waals surface area contributed by atoms with E-state index in [-0.39, 0.29) is 11.5 Å². The highest BCUT2D eigenvalue weighted by Gasteiger charge is 2.35. The van der Waals surface area contributed by atoms with Gasteiger partial charge >= 0.3 is 0 Å². The molecule has 5 aromatic rings. The van der Waals surface area contributed by atoms with E-state index in [1.165, 1.54) is 0 Å². The average Bonchev–Trinajstić information content (AvgIpc) is 3.07. The lowest BCUT2D eigenvalue weighted by Gasteiger charge is -2.36. The molecular formula is C34H33N5O2P2S. The molecule has 0 aliphatic heterocycles. The van der Waals surface area contributed by atoms with Gasteiger partial charge in [-0.25, -0.2) is 14.1 Å². The Hall–Kier alpha value is -4.48. The van der Waals surface area contributed by atoms with Crippen LogP contribution in [0.25, 0.3) is 0 Å². The maximum atomic E-state index is 10.4. The van der Waals surface area contributed by atoms with Gasteiger partial charge in [0.05, 0.1) is 19.5 Å². The first-order valence-corrected chi connectivity index (χ1v) is 18.3. The molecule has 0 saturated heterocycles. The number of hydrogen-bond donors (Lipinski definition) is 2. The van der Waals surface area contributed by atoms with Crippen molar-refractivity contribution in [3.8, 4) is 11.5 Å². The maximum Gasteiger partial charge on any atom is 0.268 e. The molecule has 0 unspecified atom stereocenters. The van der Waals surface area contributed by atoms with Gasteiger partial charge in [0, 0.05) is 41.1 Å². The lowest BCUT2D eigenvalue weighted by atomic mass is 10.2. The number of aromatic hydroxyl groups is 2. The smallest absolute Gasteiger partial charge is 0.268 e. The Morgan fingerprint density at radius 3 is 1.18 bits per heavy atom. The van der Waals surface area contributed by atoms with Gasteiger partial charge in [0.15, 0.2) is 0 Å². The minimum absolute atomic E-state index is 0.112. The van der Waals surface area contributed by atoms with Gasteiger partial charge in [0.1, 0.15) is 11.5 Å². The van der Waals surface area contributed by atoms with Gasteiger partial charge in [-0.1, -0.05) is 115 Å². The van der Waals surface area contributed by atoms with E-state index in [1.54, 1.807) is 72.5 Å². The minimum Gasteiger partial charge on any atom is -0.507 e. The Bertz CT molecular complexity index is 1700. The number of phenolic OH excluding ortho intramolecular Hbond substituents is 2. The van der Waals surface area contributed by atoms with Crippen molar-refractivity contribution in [2.24, 2.45) is 14.7 Å². The first kappa shape index (κ1) is 31.0. The van der Waals surface area contributed by atoms with Crippen molar-refractivity contribution in [1.29, 1.82) is 0 Å². The van der Waals surface area contributed by atoms with E-state index < -0.39 is 13.5 Å². The van der Waals surface area contributed by atoms with Gasteiger partial charge < -0.3 is 10.2 Å². The van der Waals surface area contributed by atoms with Gasteiger partial charge in [-0.05, 0) is 36.1 Å². The van der Waals surface area contributed by atoms with Crippen molar-refractivity contribution < 1.29 is 10.2 Å². The molecule has 0 heterocycles. The third-order valence-corrected chi connectivity index (χ3v) is 15.9. The van der Waals surface area contributed by atoms with Crippen LogP contribution in [-0.2, 0) is 11.8 Å². The van der Waals surface area contributed by atoms with Crippen molar-refractivity contribution in [2.75, 3.05) is 14.1 Å². The molecule has 0 fully saturated rings. The lowest BCUT2D eigenvalue weighted by molar-refractivity contribution is 0.473. The summed E-state index contributed by atoms with van der Waals surface area (Å²) < 4.78 is 9.12. The van der Waals surface area contributed by atoms with Crippen molar-refractivity contribution in [3.63, 3.8) is 0 Å². The van der Waals surface area contributed by atoms with Crippen LogP contribution >= 0.6 is 13.5 Å². The topological polar surface area (TPSA) is 84.0 Å². The zero-order valence-corrected chi connectivity index (χ0v) is 27.0. The molecule has 10 heteroatoms. The van der Waals surface area contributed by atoms with Crippen LogP contribution in [0.2, 0.25) is 0 Å². The van der Waals surface area contributed by atoms with Gasteiger partial charge in [-0.15, -0.1) is 0 Å². The van der Waals surface area contributed by atoms with Crippen molar-refractivity contribution >= 4 is 53.7 Å². The van der Waals surface area contributed by atoms with E-state index in [4.69, 9.17) is 26.5 Å². The molecule has 0 spiro atoms. The summed E-state index contributed by atoms with van der Waals surface area (Å²) in [5, 5.41) is 33.4. The molecule has 44 heavy (non-hydrogen) atoms. The molecular weight excluding hydrogens is 604 g/mol. The molecule has 222 valence electrons. The largest absolute Gasteiger partial charge is 0.507 e. The van der Waals surface area contributed by atoms with Gasteiger partial charge in [-0.3, -0.25) is 0 Å². The van der Waals surface area contributed by atoms with Gasteiger partial charge in [0.25, 0.3) is 6.49 Å². The second-order valence-corrected chi connectivity index (χ2v) is 17.0. The Morgan fingerprint density at radius 1 is 0.523 bits per heavy atom. The van der Waals surface area contributed by atoms with Crippen molar-refractivity contribution in [3.05, 3.63) is 151 Å². The number of phenols is 2. The summed E-state index contributed by atoms with van der Waals surface area (Å²) in [5.74, 6) is 0.223. The third-order valence-electron chi connectivity index (χ3n) is 7.00. The number of hydrazone groups is 2. The maximum absolute atomic E-state index is 10.4. The Kier molecular flexibility index (Phi) is 9.76. The highest BCUT2D eigenvalue weighted by Crippen LogP contribution is 2.63. The van der Waals surface area contributed by atoms with Crippen LogP contribution in [0.15, 0.2) is 154 Å². The van der Waals surface area contributed by atoms with Crippen LogP contribution < -0.4 is 15.9 Å². The molecule has 7 nitrogen and oxygen atoms in total. The van der Waals surface area contributed by atoms with Crippen LogP contribution in [0.5, 0.6) is 11.5 Å². The molecule has 0 atom stereocenters. The third kappa shape index (κ3) is 6.53. The van der Waals surface area contributed by atoms with Gasteiger partial charge in [0.2, 0.25) is 0 Å². The summed E-state index contributed by atoms with van der Waals surface area (Å²) in [4.78, 5) is 0. The van der Waals surface area contributed by atoms with E-state index in [9.17, 15) is 10.2 Å². The summed E-state index contributed by atoms with van der Waals surface area (Å²) in [6, 6.07) is 44.7. The molecule has 2 N–H and O–H groups in total. The van der Waals surface area contributed by atoms with E-state index >= 15 is 0 Å². The Balaban J connectivity index is 1.79. The highest BCUT2D eigenvalue weighted by molar-refractivity contribution is 8.13. The molecule has 0 aromatic heterocycles. The number of benzene rings is 5. The number of para-hydroxylation sites is 2. The number of nitrogens with zero attached hydrogens (tertiary/aromatic N) is 5. The van der Waals surface area contributed by atoms with Crippen molar-refractivity contribution in [2.45, 2.75) is 0 Å². The minimum atomic E-state index is -3.21. The number of rotatable bonds is 10. The highest BCUT2D eigenvalue weighted by atomic mass is 32.4. The first-order chi connectivity index (χ1) is 21.3. The monoisotopic (exact) mass is 637 g/mol. The molecule has 0 saturated carbocycles. The summed E-state index contributed by atoms with van der Waals surface area (Å²) in [5.41, 5.74) is 1.10. The Morgan fingerprint density at radius 2 is 0.841 bits per heavy atom. The van der Waals surface area contributed by atoms with Crippen LogP contribution in [-0.4, -0.2) is 46.3 Å². The molecule has 0 amide bonds. The summed E-state index contributed by atoms with van der Waals surface area (Å²) in [6.45, 7) is -3.21. The van der Waals surface area contributed by atoms with Crippen molar-refractivity contribution in [1.82, 2.24) is 9.56 Å². The summed E-state index contributed by atoms with van der Waals surface area (Å²) in [7, 11) is 0.836. The molecule has 0 aliphatic rings. The van der Waals surface area contributed by atoms with E-state index in [2.05, 4.69) is 36.4 Å². The molecule has 0 aliphatic carbocycles. The van der Waals surface area contributed by atoms with Crippen LogP contribution in [0, 0.1) is 0 Å². The fraction of sp³-hybridized carbons (Fsp3) is 0.0588. The summed E-state index contributed by atoms with van der Waals surface area (Å²) in [6.07, 6.45) is 3.17. The van der Waals surface area contributed by atoms with Crippen LogP contribution in [0.1, 0.15) is 11.1 Å². The summed E-state index contributed by atoms with van der Waals surface area (Å²) >= 11 is 6.56. The molecule has 0 bridgehead atoms. The molecule has 0 radical (unpaired) electrons. The second kappa shape index (κ2) is 13.9. The predicted octanol–water partition coefficient (Wildman–Crippen LogP) is 6.73. The van der Waals surface area contributed by atoms with E-state index in [0.29, 0.717) is 11.1 Å². The fourth-order valence-corrected chi connectivity index (χ4v) is 12.9. The normalized spacial score (nSPS) is 12.0. The molecule has 5 rings (SSSR count). The number of hydrogen-bond acceptors (Lipinski definition) is 5.